The minimum absolute atomic E-state index is 0.333. The monoisotopic (exact) mass is 732 g/mol. The van der Waals surface area contributed by atoms with E-state index in [2.05, 4.69) is 100.0 Å². The second kappa shape index (κ2) is 20.4. The molecule has 1 aliphatic heterocycles. The Kier molecular flexibility index (Phi) is 17.9. The largest absolute Gasteiger partial charge is 0.418 e. The van der Waals surface area contributed by atoms with Crippen molar-refractivity contribution in [2.45, 2.75) is 202 Å². The second-order valence-corrected chi connectivity index (χ2v) is 29.1. The fourth-order valence-electron chi connectivity index (χ4n) is 9.56. The van der Waals surface area contributed by atoms with E-state index in [1.54, 1.807) is 0 Å². The molecule has 1 N–H and O–H groups in total. The molecule has 6 unspecified atom stereocenters. The van der Waals surface area contributed by atoms with E-state index in [1.807, 2.05) is 0 Å². The predicted molar refractivity (Wildman–Crippen MR) is 225 cm³/mol. The van der Waals surface area contributed by atoms with Crippen molar-refractivity contribution in [3.05, 3.63) is 0 Å². The van der Waals surface area contributed by atoms with Crippen molar-refractivity contribution in [1.29, 1.82) is 0 Å². The van der Waals surface area contributed by atoms with Crippen molar-refractivity contribution in [1.82, 2.24) is 5.32 Å². The van der Waals surface area contributed by atoms with Gasteiger partial charge in [-0.1, -0.05) is 68.2 Å². The summed E-state index contributed by atoms with van der Waals surface area (Å²) in [6.45, 7) is 35.2. The molecule has 3 fully saturated rings. The highest BCUT2D eigenvalue weighted by Gasteiger charge is 2.39. The smallest absolute Gasteiger partial charge is 0.183 e. The Morgan fingerprint density at radius 2 is 0.820 bits per heavy atom. The van der Waals surface area contributed by atoms with Crippen LogP contribution in [0.1, 0.15) is 139 Å². The highest BCUT2D eigenvalue weighted by molar-refractivity contribution is 6.70. The van der Waals surface area contributed by atoms with Crippen molar-refractivity contribution < 1.29 is 8.85 Å². The maximum Gasteiger partial charge on any atom is 0.183 e. The van der Waals surface area contributed by atoms with Gasteiger partial charge in [0.1, 0.15) is 0 Å². The second-order valence-electron chi connectivity index (χ2n) is 20.0. The van der Waals surface area contributed by atoms with Gasteiger partial charge in [0, 0.05) is 36.7 Å². The fraction of sp³-hybridized carbons (Fsp3) is 0.953. The third-order valence-corrected chi connectivity index (χ3v) is 14.5. The lowest BCUT2D eigenvalue weighted by Gasteiger charge is -2.42. The number of nitrogens with zero attached hydrogens (tertiary/aromatic N) is 2. The summed E-state index contributed by atoms with van der Waals surface area (Å²) in [6, 6.07) is 1.54. The Bertz CT molecular complexity index is 932. The van der Waals surface area contributed by atoms with Crippen LogP contribution in [-0.2, 0) is 8.85 Å². The zero-order valence-electron chi connectivity index (χ0n) is 35.7. The number of aliphatic imine (C=N–C) groups is 2. The Morgan fingerprint density at radius 3 is 1.10 bits per heavy atom. The number of piperidine rings is 1. The molecule has 0 bridgehead atoms. The van der Waals surface area contributed by atoms with Crippen LogP contribution in [0.2, 0.25) is 39.3 Å². The van der Waals surface area contributed by atoms with Gasteiger partial charge in [-0.3, -0.25) is 9.98 Å². The summed E-state index contributed by atoms with van der Waals surface area (Å²) in [5.41, 5.74) is 2.88. The minimum atomic E-state index is -1.55. The lowest BCUT2D eigenvalue weighted by Crippen LogP contribution is -2.52. The molecular formula is C43H85N3O2Si2. The van der Waals surface area contributed by atoms with Crippen molar-refractivity contribution in [2.24, 2.45) is 57.3 Å². The van der Waals surface area contributed by atoms with E-state index in [0.717, 1.165) is 38.9 Å². The van der Waals surface area contributed by atoms with E-state index in [4.69, 9.17) is 18.8 Å². The summed E-state index contributed by atoms with van der Waals surface area (Å²) in [5.74, 6) is 5.40. The summed E-state index contributed by atoms with van der Waals surface area (Å²) >= 11 is 0. The van der Waals surface area contributed by atoms with Crippen LogP contribution >= 0.6 is 0 Å². The molecule has 292 valence electrons. The van der Waals surface area contributed by atoms with Gasteiger partial charge in [-0.25, -0.2) is 0 Å². The summed E-state index contributed by atoms with van der Waals surface area (Å²) in [7, 11) is -3.09. The Morgan fingerprint density at radius 1 is 0.520 bits per heavy atom. The Hall–Kier alpha value is -0.346. The molecule has 2 aliphatic carbocycles. The van der Waals surface area contributed by atoms with Crippen LogP contribution in [0.5, 0.6) is 0 Å². The van der Waals surface area contributed by atoms with Crippen LogP contribution in [0.4, 0.5) is 0 Å². The third kappa shape index (κ3) is 14.1. The zero-order chi connectivity index (χ0) is 37.2. The first-order valence-corrected chi connectivity index (χ1v) is 28.4. The van der Waals surface area contributed by atoms with Crippen LogP contribution < -0.4 is 5.32 Å². The van der Waals surface area contributed by atoms with Gasteiger partial charge >= 0.3 is 0 Å². The molecule has 5 nitrogen and oxygen atoms in total. The van der Waals surface area contributed by atoms with E-state index >= 15 is 0 Å². The first-order valence-electron chi connectivity index (χ1n) is 21.5. The summed E-state index contributed by atoms with van der Waals surface area (Å²) < 4.78 is 12.8. The molecule has 0 spiro atoms. The van der Waals surface area contributed by atoms with E-state index < -0.39 is 16.6 Å². The Labute approximate surface area is 314 Å². The molecule has 6 atom stereocenters. The van der Waals surface area contributed by atoms with Gasteiger partial charge < -0.3 is 14.2 Å². The third-order valence-electron chi connectivity index (χ3n) is 12.4. The molecule has 3 rings (SSSR count). The molecule has 0 aromatic heterocycles. The average molecular weight is 732 g/mol. The van der Waals surface area contributed by atoms with Crippen molar-refractivity contribution >= 4 is 28.1 Å². The van der Waals surface area contributed by atoms with E-state index in [1.165, 1.54) is 69.2 Å². The maximum atomic E-state index is 6.39. The number of hydrogen-bond donors (Lipinski definition) is 1. The van der Waals surface area contributed by atoms with E-state index in [0.29, 0.717) is 71.5 Å². The quantitative estimate of drug-likeness (QED) is 0.0867. The number of hydrogen-bond acceptors (Lipinski definition) is 5. The van der Waals surface area contributed by atoms with E-state index in [-0.39, 0.29) is 0 Å². The minimum Gasteiger partial charge on any atom is -0.418 e. The van der Waals surface area contributed by atoms with Gasteiger partial charge in [-0.2, -0.15) is 0 Å². The van der Waals surface area contributed by atoms with Crippen molar-refractivity contribution in [2.75, 3.05) is 13.2 Å². The fourth-order valence-corrected chi connectivity index (χ4v) is 11.1. The molecule has 0 aromatic rings. The van der Waals surface area contributed by atoms with Crippen LogP contribution in [0.15, 0.2) is 9.98 Å². The highest BCUT2D eigenvalue weighted by atomic mass is 28.4. The van der Waals surface area contributed by atoms with Gasteiger partial charge in [0.25, 0.3) is 0 Å². The first-order chi connectivity index (χ1) is 23.4. The molecule has 50 heavy (non-hydrogen) atoms. The predicted octanol–water partition coefficient (Wildman–Crippen LogP) is 11.8. The van der Waals surface area contributed by atoms with Crippen LogP contribution in [0, 0.1) is 47.3 Å². The van der Waals surface area contributed by atoms with E-state index in [9.17, 15) is 0 Å². The van der Waals surface area contributed by atoms with Crippen LogP contribution in [0.3, 0.4) is 0 Å². The average Bonchev–Trinajstić information content (AvgIpc) is 3.02. The topological polar surface area (TPSA) is 55.2 Å². The lowest BCUT2D eigenvalue weighted by molar-refractivity contribution is 0.141. The summed E-state index contributed by atoms with van der Waals surface area (Å²) in [4.78, 5) is 11.9. The molecule has 0 aromatic carbocycles. The molecule has 2 saturated carbocycles. The number of nitrogens with one attached hydrogen (secondary N) is 1. The molecular weight excluding hydrogens is 647 g/mol. The summed E-state index contributed by atoms with van der Waals surface area (Å²) in [5, 5.41) is 4.30. The molecule has 7 heteroatoms. The van der Waals surface area contributed by atoms with Gasteiger partial charge in [-0.15, -0.1) is 0 Å². The van der Waals surface area contributed by atoms with Crippen molar-refractivity contribution in [3.63, 3.8) is 0 Å². The molecule has 3 aliphatic rings. The first kappa shape index (κ1) is 44.1. The number of rotatable bonds is 18. The maximum absolute atomic E-state index is 6.39. The normalized spacial score (nSPS) is 31.0. The molecule has 1 saturated heterocycles. The molecule has 0 amide bonds. The summed E-state index contributed by atoms with van der Waals surface area (Å²) in [6.07, 6.45) is 15.9. The Balaban J connectivity index is 1.99. The lowest BCUT2D eigenvalue weighted by atomic mass is 9.68. The van der Waals surface area contributed by atoms with Gasteiger partial charge in [0.15, 0.2) is 16.6 Å². The SMILES string of the molecule is CC(C)C1CCCC(C(C)C)C1N=C(CCCO[Si](C)(C)C)C1CCCC(C(CCCO[Si](C)(C)C)=NC2C(C(C)C)CCCC2C(C)C)N1. The van der Waals surface area contributed by atoms with Gasteiger partial charge in [0.2, 0.25) is 0 Å². The standard InChI is InChI=1S/C43H85N3O2Si2/c1-30(2)34-20-15-21-35(31(3)4)42(34)45-40(26-18-28-47-49(9,10)11)38-24-17-25-39(44-38)41(27-19-29-48-50(12,13)14)46-43-36(32(5)6)22-16-23-37(43)33(7)8/h30-39,42-44H,15-29H2,1-14H3. The van der Waals surface area contributed by atoms with Crippen LogP contribution in [0.25, 0.3) is 0 Å². The van der Waals surface area contributed by atoms with Crippen molar-refractivity contribution in [3.8, 4) is 0 Å². The zero-order valence-corrected chi connectivity index (χ0v) is 37.7. The van der Waals surface area contributed by atoms with Gasteiger partial charge in [-0.05, 0) is 157 Å². The highest BCUT2D eigenvalue weighted by Crippen LogP contribution is 2.42. The van der Waals surface area contributed by atoms with Gasteiger partial charge in [0.05, 0.1) is 12.1 Å². The molecule has 1 heterocycles. The van der Waals surface area contributed by atoms with Crippen LogP contribution in [-0.4, -0.2) is 65.4 Å². The molecule has 0 radical (unpaired) electrons.